The van der Waals surface area contributed by atoms with Crippen LogP contribution in [0.15, 0.2) is 11.3 Å². The molecule has 88 valence electrons. The third kappa shape index (κ3) is 1.40. The summed E-state index contributed by atoms with van der Waals surface area (Å²) >= 11 is 0. The van der Waals surface area contributed by atoms with Gasteiger partial charge in [0.15, 0.2) is 11.6 Å². The Hall–Kier alpha value is -1.45. The van der Waals surface area contributed by atoms with E-state index in [-0.39, 0.29) is 28.6 Å². The average Bonchev–Trinajstić information content (AvgIpc) is 2.14. The zero-order valence-electron chi connectivity index (χ0n) is 10.3. The zero-order valence-corrected chi connectivity index (χ0v) is 10.3. The molecule has 4 heteroatoms. The van der Waals surface area contributed by atoms with E-state index in [1.54, 1.807) is 27.7 Å². The van der Waals surface area contributed by atoms with E-state index in [0.717, 1.165) is 0 Å². The summed E-state index contributed by atoms with van der Waals surface area (Å²) in [5.41, 5.74) is -2.25. The fourth-order valence-electron chi connectivity index (χ4n) is 2.09. The van der Waals surface area contributed by atoms with Crippen molar-refractivity contribution in [3.63, 3.8) is 0 Å². The van der Waals surface area contributed by atoms with Gasteiger partial charge in [0.2, 0.25) is 0 Å². The SMILES string of the molecule is CC(=O)C1=C(O)C(C)(C)C(=O)C(C)(C)C1=N. The number of Topliss-reactive ketones (excluding diaryl/α,β-unsaturated/α-hetero) is 2. The number of allylic oxidation sites excluding steroid dienone is 2. The van der Waals surface area contributed by atoms with Crippen LogP contribution < -0.4 is 0 Å². The summed E-state index contributed by atoms with van der Waals surface area (Å²) in [5.74, 6) is -0.905. The number of aliphatic hydroxyl groups excluding tert-OH is 1. The molecule has 0 bridgehead atoms. The van der Waals surface area contributed by atoms with E-state index >= 15 is 0 Å². The number of carbonyl (C=O) groups excluding carboxylic acids is 2. The summed E-state index contributed by atoms with van der Waals surface area (Å²) in [4.78, 5) is 23.5. The Balaban J connectivity index is 3.60. The molecule has 0 saturated heterocycles. The lowest BCUT2D eigenvalue weighted by Gasteiger charge is -2.39. The van der Waals surface area contributed by atoms with Crippen molar-refractivity contribution >= 4 is 17.3 Å². The molecule has 0 amide bonds. The van der Waals surface area contributed by atoms with Gasteiger partial charge in [0, 0.05) is 0 Å². The maximum absolute atomic E-state index is 12.1. The fraction of sp³-hybridized carbons (Fsp3) is 0.583. The topological polar surface area (TPSA) is 78.2 Å². The molecule has 0 fully saturated rings. The minimum atomic E-state index is -1.10. The van der Waals surface area contributed by atoms with Crippen LogP contribution >= 0.6 is 0 Å². The maximum Gasteiger partial charge on any atom is 0.165 e. The summed E-state index contributed by atoms with van der Waals surface area (Å²) in [7, 11) is 0. The van der Waals surface area contributed by atoms with Crippen LogP contribution in [0, 0.1) is 16.2 Å². The van der Waals surface area contributed by atoms with Crippen molar-refractivity contribution in [1.29, 1.82) is 5.41 Å². The van der Waals surface area contributed by atoms with Gasteiger partial charge in [-0.2, -0.15) is 0 Å². The van der Waals surface area contributed by atoms with Gasteiger partial charge in [-0.3, -0.25) is 9.59 Å². The fourth-order valence-corrected chi connectivity index (χ4v) is 2.09. The normalized spacial score (nSPS) is 23.6. The van der Waals surface area contributed by atoms with E-state index in [0.29, 0.717) is 0 Å². The number of nitrogens with one attached hydrogen (secondary N) is 1. The molecule has 0 aromatic heterocycles. The first-order valence-electron chi connectivity index (χ1n) is 5.13. The molecule has 2 N–H and O–H groups in total. The third-order valence-electron chi connectivity index (χ3n) is 3.19. The standard InChI is InChI=1S/C12H17NO3/c1-6(14)7-8(13)11(2,3)10(16)12(4,5)9(7)15/h13,15H,1-5H3. The molecule has 0 spiro atoms. The van der Waals surface area contributed by atoms with Crippen molar-refractivity contribution in [3.05, 3.63) is 11.3 Å². The van der Waals surface area contributed by atoms with Gasteiger partial charge in [0.25, 0.3) is 0 Å². The predicted octanol–water partition coefficient (Wildman–Crippen LogP) is 2.04. The monoisotopic (exact) mass is 223 g/mol. The van der Waals surface area contributed by atoms with Crippen LogP contribution in [0.2, 0.25) is 0 Å². The van der Waals surface area contributed by atoms with Crippen LogP contribution in [-0.4, -0.2) is 22.4 Å². The zero-order chi connectivity index (χ0) is 12.9. The summed E-state index contributed by atoms with van der Waals surface area (Å²) in [6, 6.07) is 0. The minimum absolute atomic E-state index is 0.0189. The van der Waals surface area contributed by atoms with Gasteiger partial charge in [-0.05, 0) is 34.6 Å². The van der Waals surface area contributed by atoms with Gasteiger partial charge in [-0.25, -0.2) is 0 Å². The van der Waals surface area contributed by atoms with Crippen LogP contribution in [0.3, 0.4) is 0 Å². The highest BCUT2D eigenvalue weighted by molar-refractivity contribution is 6.31. The van der Waals surface area contributed by atoms with Crippen molar-refractivity contribution in [1.82, 2.24) is 0 Å². The number of rotatable bonds is 1. The summed E-state index contributed by atoms with van der Waals surface area (Å²) in [6.45, 7) is 7.65. The first-order chi connectivity index (χ1) is 7.04. The lowest BCUT2D eigenvalue weighted by molar-refractivity contribution is -0.132. The third-order valence-corrected chi connectivity index (χ3v) is 3.19. The Labute approximate surface area is 94.9 Å². The van der Waals surface area contributed by atoms with Gasteiger partial charge in [0.1, 0.15) is 5.76 Å². The lowest BCUT2D eigenvalue weighted by Crippen LogP contribution is -2.49. The molecule has 1 aliphatic rings. The number of hydrogen-bond donors (Lipinski definition) is 2. The van der Waals surface area contributed by atoms with Crippen molar-refractivity contribution in [3.8, 4) is 0 Å². The summed E-state index contributed by atoms with van der Waals surface area (Å²) < 4.78 is 0. The first kappa shape index (κ1) is 12.6. The molecule has 4 nitrogen and oxygen atoms in total. The second-order valence-electron chi connectivity index (χ2n) is 5.23. The Morgan fingerprint density at radius 3 is 2.00 bits per heavy atom. The van der Waals surface area contributed by atoms with E-state index in [4.69, 9.17) is 5.41 Å². The molecule has 0 aliphatic heterocycles. The summed E-state index contributed by atoms with van der Waals surface area (Å²) in [6.07, 6.45) is 0. The largest absolute Gasteiger partial charge is 0.510 e. The summed E-state index contributed by atoms with van der Waals surface area (Å²) in [5, 5.41) is 17.8. The molecule has 16 heavy (non-hydrogen) atoms. The highest BCUT2D eigenvalue weighted by Gasteiger charge is 2.51. The Bertz CT molecular complexity index is 428. The molecule has 0 atom stereocenters. The van der Waals surface area contributed by atoms with Gasteiger partial charge in [-0.15, -0.1) is 0 Å². The second kappa shape index (κ2) is 3.27. The molecule has 1 aliphatic carbocycles. The molecule has 0 radical (unpaired) electrons. The van der Waals surface area contributed by atoms with Crippen molar-refractivity contribution in [2.24, 2.45) is 10.8 Å². The van der Waals surface area contributed by atoms with E-state index in [9.17, 15) is 14.7 Å². The van der Waals surface area contributed by atoms with Crippen LogP contribution in [0.25, 0.3) is 0 Å². The number of hydrogen-bond acceptors (Lipinski definition) is 4. The predicted molar refractivity (Wildman–Crippen MR) is 60.6 cm³/mol. The highest BCUT2D eigenvalue weighted by atomic mass is 16.3. The Morgan fingerprint density at radius 1 is 1.19 bits per heavy atom. The Kier molecular flexibility index (Phi) is 2.58. The van der Waals surface area contributed by atoms with Crippen molar-refractivity contribution in [2.75, 3.05) is 0 Å². The molecule has 0 aromatic carbocycles. The lowest BCUT2D eigenvalue weighted by atomic mass is 9.62. The van der Waals surface area contributed by atoms with Crippen LogP contribution in [-0.2, 0) is 9.59 Å². The number of ketones is 2. The maximum atomic E-state index is 12.1. The van der Waals surface area contributed by atoms with Gasteiger partial charge < -0.3 is 10.5 Å². The molecule has 1 rings (SSSR count). The molecular formula is C12H17NO3. The van der Waals surface area contributed by atoms with Crippen molar-refractivity contribution < 1.29 is 14.7 Å². The number of aliphatic hydroxyl groups is 1. The first-order valence-corrected chi connectivity index (χ1v) is 5.13. The molecular weight excluding hydrogens is 206 g/mol. The minimum Gasteiger partial charge on any atom is -0.510 e. The molecule has 0 unspecified atom stereocenters. The van der Waals surface area contributed by atoms with Crippen LogP contribution in [0.5, 0.6) is 0 Å². The average molecular weight is 223 g/mol. The van der Waals surface area contributed by atoms with E-state index in [1.807, 2.05) is 0 Å². The van der Waals surface area contributed by atoms with E-state index in [2.05, 4.69) is 0 Å². The van der Waals surface area contributed by atoms with E-state index < -0.39 is 10.8 Å². The molecule has 0 heterocycles. The molecule has 0 aromatic rings. The Morgan fingerprint density at radius 2 is 1.62 bits per heavy atom. The second-order valence-corrected chi connectivity index (χ2v) is 5.23. The van der Waals surface area contributed by atoms with E-state index in [1.165, 1.54) is 6.92 Å². The smallest absolute Gasteiger partial charge is 0.165 e. The molecule has 0 saturated carbocycles. The van der Waals surface area contributed by atoms with Gasteiger partial charge in [-0.1, -0.05) is 0 Å². The van der Waals surface area contributed by atoms with Crippen LogP contribution in [0.1, 0.15) is 34.6 Å². The quantitative estimate of drug-likeness (QED) is 0.714. The van der Waals surface area contributed by atoms with Crippen molar-refractivity contribution in [2.45, 2.75) is 34.6 Å². The van der Waals surface area contributed by atoms with Gasteiger partial charge >= 0.3 is 0 Å². The van der Waals surface area contributed by atoms with Gasteiger partial charge in [0.05, 0.1) is 22.1 Å². The number of carbonyl (C=O) groups is 2. The highest BCUT2D eigenvalue weighted by Crippen LogP contribution is 2.43. The van der Waals surface area contributed by atoms with Crippen LogP contribution in [0.4, 0.5) is 0 Å².